The molecule has 0 aliphatic heterocycles. The minimum atomic E-state index is -0.135. The van der Waals surface area contributed by atoms with E-state index >= 15 is 0 Å². The lowest BCUT2D eigenvalue weighted by atomic mass is 9.95. The number of nitrogens with one attached hydrogen (secondary N) is 2. The third kappa shape index (κ3) is 8.38. The fourth-order valence-electron chi connectivity index (χ4n) is 3.55. The Bertz CT molecular complexity index is 909. The van der Waals surface area contributed by atoms with Crippen LogP contribution in [0.3, 0.4) is 0 Å². The molecule has 2 aromatic rings. The summed E-state index contributed by atoms with van der Waals surface area (Å²) in [4.78, 5) is 24.0. The van der Waals surface area contributed by atoms with Crippen LogP contribution in [0, 0.1) is 6.92 Å². The molecule has 0 bridgehead atoms. The van der Waals surface area contributed by atoms with Gasteiger partial charge in [-0.3, -0.25) is 9.59 Å². The van der Waals surface area contributed by atoms with Crippen molar-refractivity contribution in [1.29, 1.82) is 0 Å². The molecular formula is C25H31N3O3S. The number of ether oxygens (including phenoxy) is 1. The van der Waals surface area contributed by atoms with Crippen LogP contribution in [0.25, 0.3) is 0 Å². The maximum Gasteiger partial charge on any atom is 0.258 e. The van der Waals surface area contributed by atoms with Crippen LogP contribution in [0.5, 0.6) is 5.75 Å². The predicted molar refractivity (Wildman–Crippen MR) is 130 cm³/mol. The summed E-state index contributed by atoms with van der Waals surface area (Å²) in [6.07, 6.45) is 7.32. The average molecular weight is 454 g/mol. The summed E-state index contributed by atoms with van der Waals surface area (Å²) >= 11 is 1.56. The minimum absolute atomic E-state index is 0.0141. The predicted octanol–water partition coefficient (Wildman–Crippen LogP) is 4.21. The van der Waals surface area contributed by atoms with Crippen molar-refractivity contribution in [3.05, 3.63) is 65.2 Å². The Labute approximate surface area is 194 Å². The lowest BCUT2D eigenvalue weighted by Gasteiger charge is -2.22. The van der Waals surface area contributed by atoms with Gasteiger partial charge in [0, 0.05) is 11.8 Å². The summed E-state index contributed by atoms with van der Waals surface area (Å²) in [7, 11) is 0. The van der Waals surface area contributed by atoms with Gasteiger partial charge in [0.2, 0.25) is 5.91 Å². The molecular weight excluding hydrogens is 422 g/mol. The van der Waals surface area contributed by atoms with E-state index in [-0.39, 0.29) is 24.5 Å². The minimum Gasteiger partial charge on any atom is -0.484 e. The van der Waals surface area contributed by atoms with E-state index < -0.39 is 0 Å². The molecule has 170 valence electrons. The zero-order chi connectivity index (χ0) is 22.6. The van der Waals surface area contributed by atoms with E-state index in [0.29, 0.717) is 11.5 Å². The largest absolute Gasteiger partial charge is 0.484 e. The van der Waals surface area contributed by atoms with Gasteiger partial charge < -0.3 is 10.1 Å². The highest BCUT2D eigenvalue weighted by molar-refractivity contribution is 7.99. The van der Waals surface area contributed by atoms with Crippen molar-refractivity contribution in [2.45, 2.75) is 50.8 Å². The summed E-state index contributed by atoms with van der Waals surface area (Å²) in [5.74, 6) is 1.55. The molecule has 1 aliphatic carbocycles. The Morgan fingerprint density at radius 1 is 1.06 bits per heavy atom. The van der Waals surface area contributed by atoms with Gasteiger partial charge >= 0.3 is 0 Å². The van der Waals surface area contributed by atoms with Crippen LogP contribution in [0.1, 0.15) is 48.8 Å². The molecule has 0 spiro atoms. The summed E-state index contributed by atoms with van der Waals surface area (Å²) in [5, 5.41) is 7.05. The Balaban J connectivity index is 1.33. The Morgan fingerprint density at radius 2 is 1.81 bits per heavy atom. The molecule has 7 heteroatoms. The number of thioether (sulfide) groups is 1. The van der Waals surface area contributed by atoms with E-state index in [1.54, 1.807) is 30.1 Å². The van der Waals surface area contributed by atoms with Crippen LogP contribution in [0.4, 0.5) is 0 Å². The number of hydrazone groups is 1. The number of hydrogen-bond acceptors (Lipinski definition) is 5. The second-order valence-corrected chi connectivity index (χ2v) is 8.96. The van der Waals surface area contributed by atoms with Gasteiger partial charge in [0.15, 0.2) is 6.61 Å². The van der Waals surface area contributed by atoms with E-state index in [4.69, 9.17) is 4.74 Å². The fourth-order valence-corrected chi connectivity index (χ4v) is 4.45. The van der Waals surface area contributed by atoms with Crippen molar-refractivity contribution >= 4 is 29.8 Å². The second kappa shape index (κ2) is 12.9. The number of carbonyl (C=O) groups is 2. The highest BCUT2D eigenvalue weighted by atomic mass is 32.2. The van der Waals surface area contributed by atoms with Gasteiger partial charge in [0.25, 0.3) is 5.91 Å². The SMILES string of the molecule is Cc1ccccc1CSCC(=O)N/N=C\c1ccc(OCC(=O)NC2CCCCC2)cc1. The Morgan fingerprint density at radius 3 is 2.56 bits per heavy atom. The molecule has 1 saturated carbocycles. The summed E-state index contributed by atoms with van der Waals surface area (Å²) in [5.41, 5.74) is 5.85. The third-order valence-corrected chi connectivity index (χ3v) is 6.36. The molecule has 2 aromatic carbocycles. The van der Waals surface area contributed by atoms with E-state index in [0.717, 1.165) is 24.2 Å². The van der Waals surface area contributed by atoms with Gasteiger partial charge in [0.1, 0.15) is 5.75 Å². The van der Waals surface area contributed by atoms with Gasteiger partial charge in [-0.05, 0) is 60.7 Å². The lowest BCUT2D eigenvalue weighted by molar-refractivity contribution is -0.124. The highest BCUT2D eigenvalue weighted by Crippen LogP contribution is 2.18. The molecule has 32 heavy (non-hydrogen) atoms. The summed E-state index contributed by atoms with van der Waals surface area (Å²) in [6.45, 7) is 2.09. The average Bonchev–Trinajstić information content (AvgIpc) is 2.80. The Hall–Kier alpha value is -2.80. The molecule has 0 atom stereocenters. The topological polar surface area (TPSA) is 79.8 Å². The molecule has 2 N–H and O–H groups in total. The quantitative estimate of drug-likeness (QED) is 0.417. The van der Waals surface area contributed by atoms with Gasteiger partial charge in [-0.2, -0.15) is 5.10 Å². The first kappa shape index (κ1) is 23.9. The monoisotopic (exact) mass is 453 g/mol. The van der Waals surface area contributed by atoms with Crippen LogP contribution >= 0.6 is 11.8 Å². The van der Waals surface area contributed by atoms with E-state index in [9.17, 15) is 9.59 Å². The molecule has 1 aliphatic rings. The first-order valence-electron chi connectivity index (χ1n) is 11.1. The molecule has 0 unspecified atom stereocenters. The number of rotatable bonds is 10. The molecule has 0 heterocycles. The van der Waals surface area contributed by atoms with E-state index in [2.05, 4.69) is 34.9 Å². The first-order valence-corrected chi connectivity index (χ1v) is 12.2. The molecule has 6 nitrogen and oxygen atoms in total. The first-order chi connectivity index (χ1) is 15.6. The number of benzene rings is 2. The third-order valence-electron chi connectivity index (χ3n) is 5.38. The van der Waals surface area contributed by atoms with Crippen molar-refractivity contribution in [2.24, 2.45) is 5.10 Å². The smallest absolute Gasteiger partial charge is 0.258 e. The van der Waals surface area contributed by atoms with Gasteiger partial charge in [0.05, 0.1) is 12.0 Å². The van der Waals surface area contributed by atoms with Crippen molar-refractivity contribution < 1.29 is 14.3 Å². The van der Waals surface area contributed by atoms with Gasteiger partial charge in [-0.1, -0.05) is 43.5 Å². The van der Waals surface area contributed by atoms with Gasteiger partial charge in [-0.15, -0.1) is 11.8 Å². The summed E-state index contributed by atoms with van der Waals surface area (Å²) in [6, 6.07) is 15.7. The van der Waals surface area contributed by atoms with Crippen LogP contribution < -0.4 is 15.5 Å². The van der Waals surface area contributed by atoms with Crippen molar-refractivity contribution in [3.63, 3.8) is 0 Å². The number of nitrogens with zero attached hydrogens (tertiary/aromatic N) is 1. The molecule has 1 fully saturated rings. The van der Waals surface area contributed by atoms with E-state index in [1.165, 1.54) is 30.4 Å². The molecule has 0 radical (unpaired) electrons. The molecule has 3 rings (SSSR count). The number of carbonyl (C=O) groups excluding carboxylic acids is 2. The van der Waals surface area contributed by atoms with Crippen LogP contribution in [-0.2, 0) is 15.3 Å². The van der Waals surface area contributed by atoms with Crippen LogP contribution in [0.2, 0.25) is 0 Å². The zero-order valence-corrected chi connectivity index (χ0v) is 19.3. The normalized spacial score (nSPS) is 14.3. The number of hydrogen-bond donors (Lipinski definition) is 2. The van der Waals surface area contributed by atoms with Crippen LogP contribution in [0.15, 0.2) is 53.6 Å². The van der Waals surface area contributed by atoms with Crippen LogP contribution in [-0.4, -0.2) is 36.4 Å². The molecule has 0 saturated heterocycles. The van der Waals surface area contributed by atoms with Crippen molar-refractivity contribution in [3.8, 4) is 5.75 Å². The van der Waals surface area contributed by atoms with Crippen molar-refractivity contribution in [1.82, 2.24) is 10.7 Å². The van der Waals surface area contributed by atoms with Gasteiger partial charge in [-0.25, -0.2) is 5.43 Å². The zero-order valence-electron chi connectivity index (χ0n) is 18.5. The molecule has 0 aromatic heterocycles. The standard InChI is InChI=1S/C25H31N3O3S/c1-19-7-5-6-8-21(19)17-32-18-25(30)28-26-15-20-11-13-23(14-12-20)31-16-24(29)27-22-9-3-2-4-10-22/h5-8,11-15,22H,2-4,9-10,16-18H2,1H3,(H,27,29)(H,28,30)/b26-15-. The maximum atomic E-state index is 12.0. The molecule has 2 amide bonds. The number of amides is 2. The summed E-state index contributed by atoms with van der Waals surface area (Å²) < 4.78 is 5.57. The van der Waals surface area contributed by atoms with Crippen molar-refractivity contribution in [2.75, 3.05) is 12.4 Å². The Kier molecular flexibility index (Phi) is 9.62. The highest BCUT2D eigenvalue weighted by Gasteiger charge is 2.15. The lowest BCUT2D eigenvalue weighted by Crippen LogP contribution is -2.38. The number of aryl methyl sites for hydroxylation is 1. The van der Waals surface area contributed by atoms with E-state index in [1.807, 2.05) is 24.3 Å². The second-order valence-electron chi connectivity index (χ2n) is 7.97. The maximum absolute atomic E-state index is 12.0. The fraction of sp³-hybridized carbons (Fsp3) is 0.400.